The molecule has 1 amide bonds. The van der Waals surface area contributed by atoms with Gasteiger partial charge in [-0.2, -0.15) is 0 Å². The number of thiazole rings is 1. The highest BCUT2D eigenvalue weighted by Crippen LogP contribution is 2.45. The van der Waals surface area contributed by atoms with Crippen molar-refractivity contribution >= 4 is 60.1 Å². The van der Waals surface area contributed by atoms with E-state index in [1.165, 1.54) is 16.2 Å². The van der Waals surface area contributed by atoms with Crippen molar-refractivity contribution < 1.29 is 28.9 Å². The van der Waals surface area contributed by atoms with E-state index in [0.29, 0.717) is 58.8 Å². The Bertz CT molecular complexity index is 1630. The second kappa shape index (κ2) is 9.77. The maximum absolute atomic E-state index is 13.5. The van der Waals surface area contributed by atoms with Gasteiger partial charge in [0.2, 0.25) is 0 Å². The van der Waals surface area contributed by atoms with Crippen LogP contribution in [0.2, 0.25) is 0 Å². The number of aromatic nitrogens is 1. The molecule has 10 heteroatoms. The summed E-state index contributed by atoms with van der Waals surface area (Å²) >= 11 is 4.77. The second-order valence-corrected chi connectivity index (χ2v) is 10.6. The second-order valence-electron chi connectivity index (χ2n) is 8.64. The minimum absolute atomic E-state index is 0.0287. The fourth-order valence-electron chi connectivity index (χ4n) is 4.62. The van der Waals surface area contributed by atoms with E-state index >= 15 is 0 Å². The number of fused-ring (bicyclic) bond motifs is 2. The molecular weight excluding hydrogens is 572 g/mol. The number of carbonyl (C=O) groups excluding carboxylic acids is 2. The number of hydrogen-bond acceptors (Lipinski definition) is 8. The molecule has 0 radical (unpaired) electrons. The molecule has 1 atom stereocenters. The zero-order valence-electron chi connectivity index (χ0n) is 20.1. The third-order valence-electron chi connectivity index (χ3n) is 6.29. The van der Waals surface area contributed by atoms with E-state index in [4.69, 9.17) is 14.2 Å². The summed E-state index contributed by atoms with van der Waals surface area (Å²) in [5.74, 6) is -0.149. The summed E-state index contributed by atoms with van der Waals surface area (Å²) in [4.78, 5) is 33.0. The van der Waals surface area contributed by atoms with Crippen LogP contribution in [0.1, 0.15) is 24.1 Å². The number of nitrogens with zero attached hydrogens (tertiary/aromatic N) is 2. The van der Waals surface area contributed by atoms with Crippen molar-refractivity contribution in [3.05, 3.63) is 81.8 Å². The highest BCUT2D eigenvalue weighted by molar-refractivity contribution is 9.10. The molecule has 1 N–H and O–H groups in total. The van der Waals surface area contributed by atoms with Crippen LogP contribution in [0.3, 0.4) is 0 Å². The predicted octanol–water partition coefficient (Wildman–Crippen LogP) is 5.86. The molecule has 1 saturated heterocycles. The number of ether oxygens (including phenoxy) is 3. The van der Waals surface area contributed by atoms with Crippen LogP contribution in [0.5, 0.6) is 17.2 Å². The van der Waals surface area contributed by atoms with Crippen LogP contribution in [0.25, 0.3) is 16.0 Å². The Kier molecular flexibility index (Phi) is 6.29. The van der Waals surface area contributed by atoms with Gasteiger partial charge < -0.3 is 19.3 Å². The molecule has 8 nitrogen and oxygen atoms in total. The molecule has 1 unspecified atom stereocenters. The van der Waals surface area contributed by atoms with E-state index in [0.717, 1.165) is 9.17 Å². The van der Waals surface area contributed by atoms with E-state index in [1.54, 1.807) is 18.2 Å². The SMILES string of the molecule is CCOc1ccc2nc(N3C(=O)C(=O)C(=C(O)c4ccc5c(c4)OCCO5)C3c3cccc(Br)c3)sc2c1. The van der Waals surface area contributed by atoms with Crippen molar-refractivity contribution in [1.29, 1.82) is 0 Å². The lowest BCUT2D eigenvalue weighted by molar-refractivity contribution is -0.132. The smallest absolute Gasteiger partial charge is 0.301 e. The highest BCUT2D eigenvalue weighted by atomic mass is 79.9. The molecule has 0 aliphatic carbocycles. The summed E-state index contributed by atoms with van der Waals surface area (Å²) in [5.41, 5.74) is 1.64. The number of rotatable bonds is 5. The van der Waals surface area contributed by atoms with Crippen LogP contribution in [0.4, 0.5) is 5.13 Å². The number of ketones is 1. The highest BCUT2D eigenvalue weighted by Gasteiger charge is 2.48. The zero-order chi connectivity index (χ0) is 26.4. The van der Waals surface area contributed by atoms with E-state index in [1.807, 2.05) is 49.4 Å². The third-order valence-corrected chi connectivity index (χ3v) is 7.80. The largest absolute Gasteiger partial charge is 0.507 e. The number of carbonyl (C=O) groups is 2. The molecule has 1 fully saturated rings. The third kappa shape index (κ3) is 4.19. The fraction of sp³-hybridized carbons (Fsp3) is 0.179. The number of anilines is 1. The van der Waals surface area contributed by atoms with Crippen LogP contribution in [-0.2, 0) is 9.59 Å². The Hall–Kier alpha value is -3.89. The van der Waals surface area contributed by atoms with Gasteiger partial charge in [0, 0.05) is 10.0 Å². The Morgan fingerprint density at radius 1 is 1.11 bits per heavy atom. The van der Waals surface area contributed by atoms with Crippen LogP contribution in [0.15, 0.2) is 70.7 Å². The van der Waals surface area contributed by atoms with Gasteiger partial charge in [0.25, 0.3) is 5.78 Å². The van der Waals surface area contributed by atoms with Gasteiger partial charge >= 0.3 is 5.91 Å². The first-order chi connectivity index (χ1) is 18.4. The lowest BCUT2D eigenvalue weighted by Gasteiger charge is -2.23. The quantitative estimate of drug-likeness (QED) is 0.176. The van der Waals surface area contributed by atoms with Crippen molar-refractivity contribution in [2.45, 2.75) is 13.0 Å². The lowest BCUT2D eigenvalue weighted by atomic mass is 9.95. The Balaban J connectivity index is 1.51. The standard InChI is InChI=1S/C28H21BrN2O6S/c1-2-35-18-7-8-19-22(14-18)38-28(30-19)31-24(15-4-3-5-17(29)12-15)23(26(33)27(31)34)25(32)16-6-9-20-21(13-16)37-11-10-36-20/h3-9,12-14,24,32H,2,10-11H2,1H3. The monoisotopic (exact) mass is 592 g/mol. The summed E-state index contributed by atoms with van der Waals surface area (Å²) in [5, 5.41) is 11.8. The van der Waals surface area contributed by atoms with Crippen molar-refractivity contribution in [3.8, 4) is 17.2 Å². The summed E-state index contributed by atoms with van der Waals surface area (Å²) in [6.45, 7) is 3.23. The zero-order valence-corrected chi connectivity index (χ0v) is 22.5. The first kappa shape index (κ1) is 24.4. The molecule has 3 aromatic carbocycles. The summed E-state index contributed by atoms with van der Waals surface area (Å²) in [7, 11) is 0. The molecule has 2 aliphatic rings. The van der Waals surface area contributed by atoms with E-state index in [2.05, 4.69) is 20.9 Å². The number of hydrogen-bond donors (Lipinski definition) is 1. The number of aliphatic hydroxyl groups is 1. The maximum Gasteiger partial charge on any atom is 0.301 e. The van der Waals surface area contributed by atoms with Gasteiger partial charge in [-0.25, -0.2) is 4.98 Å². The minimum atomic E-state index is -0.896. The number of Topliss-reactive ketones (excluding diaryl/α,β-unsaturated/α-hetero) is 1. The summed E-state index contributed by atoms with van der Waals surface area (Å²) in [6.07, 6.45) is 0. The molecule has 192 valence electrons. The van der Waals surface area contributed by atoms with Gasteiger partial charge in [0.05, 0.1) is 28.4 Å². The van der Waals surface area contributed by atoms with Gasteiger partial charge in [-0.05, 0) is 61.0 Å². The number of benzene rings is 3. The molecule has 0 saturated carbocycles. The number of halogens is 1. The van der Waals surface area contributed by atoms with Crippen LogP contribution in [-0.4, -0.2) is 41.6 Å². The van der Waals surface area contributed by atoms with Crippen LogP contribution >= 0.6 is 27.3 Å². The van der Waals surface area contributed by atoms with Crippen LogP contribution < -0.4 is 19.1 Å². The average molecular weight is 593 g/mol. The van der Waals surface area contributed by atoms with E-state index in [-0.39, 0.29) is 11.3 Å². The van der Waals surface area contributed by atoms with Gasteiger partial charge in [-0.15, -0.1) is 0 Å². The first-order valence-electron chi connectivity index (χ1n) is 11.9. The minimum Gasteiger partial charge on any atom is -0.507 e. The molecule has 0 bridgehead atoms. The Labute approximate surface area is 230 Å². The first-order valence-corrected chi connectivity index (χ1v) is 13.6. The van der Waals surface area contributed by atoms with Gasteiger partial charge in [0.15, 0.2) is 16.6 Å². The van der Waals surface area contributed by atoms with Crippen molar-refractivity contribution in [2.75, 3.05) is 24.7 Å². The van der Waals surface area contributed by atoms with E-state index < -0.39 is 17.7 Å². The average Bonchev–Trinajstić information content (AvgIpc) is 3.46. The van der Waals surface area contributed by atoms with Crippen LogP contribution in [0, 0.1) is 0 Å². The maximum atomic E-state index is 13.5. The molecule has 4 aromatic rings. The number of amides is 1. The molecule has 38 heavy (non-hydrogen) atoms. The fourth-order valence-corrected chi connectivity index (χ4v) is 6.06. The summed E-state index contributed by atoms with van der Waals surface area (Å²) < 4.78 is 18.4. The van der Waals surface area contributed by atoms with E-state index in [9.17, 15) is 14.7 Å². The molecular formula is C28H21BrN2O6S. The van der Waals surface area contributed by atoms with Gasteiger partial charge in [-0.1, -0.05) is 39.4 Å². The van der Waals surface area contributed by atoms with Gasteiger partial charge in [-0.3, -0.25) is 14.5 Å². The molecule has 6 rings (SSSR count). The van der Waals surface area contributed by atoms with Crippen molar-refractivity contribution in [1.82, 2.24) is 4.98 Å². The van der Waals surface area contributed by atoms with Gasteiger partial charge in [0.1, 0.15) is 24.7 Å². The Morgan fingerprint density at radius 2 is 1.92 bits per heavy atom. The van der Waals surface area contributed by atoms with Crippen molar-refractivity contribution in [2.24, 2.45) is 0 Å². The topological polar surface area (TPSA) is 98.2 Å². The lowest BCUT2D eigenvalue weighted by Crippen LogP contribution is -2.29. The predicted molar refractivity (Wildman–Crippen MR) is 147 cm³/mol. The normalized spacial score (nSPS) is 18.3. The molecule has 2 aliphatic heterocycles. The van der Waals surface area contributed by atoms with Crippen molar-refractivity contribution in [3.63, 3.8) is 0 Å². The summed E-state index contributed by atoms with van der Waals surface area (Å²) in [6, 6.07) is 16.8. The Morgan fingerprint density at radius 3 is 2.71 bits per heavy atom. The molecule has 3 heterocycles. The molecule has 0 spiro atoms. The molecule has 1 aromatic heterocycles. The number of aliphatic hydroxyl groups excluding tert-OH is 1.